The fourth-order valence-electron chi connectivity index (χ4n) is 1.74. The van der Waals surface area contributed by atoms with Crippen molar-refractivity contribution in [3.05, 3.63) is 23.8 Å². The molecular formula is C14H19NO6. The molecule has 0 aliphatic rings. The van der Waals surface area contributed by atoms with E-state index < -0.39 is 5.97 Å². The number of carboxylic acids is 1. The Morgan fingerprint density at radius 3 is 2.62 bits per heavy atom. The highest BCUT2D eigenvalue weighted by Gasteiger charge is 2.17. The number of methoxy groups -OCH3 is 2. The lowest BCUT2D eigenvalue weighted by Crippen LogP contribution is -2.38. The lowest BCUT2D eigenvalue weighted by atomic mass is 10.2. The van der Waals surface area contributed by atoms with Gasteiger partial charge in [-0.2, -0.15) is 0 Å². The van der Waals surface area contributed by atoms with Crippen LogP contribution in [0.15, 0.2) is 18.2 Å². The molecule has 0 bridgehead atoms. The molecule has 1 amide bonds. The number of para-hydroxylation sites is 1. The zero-order chi connectivity index (χ0) is 15.8. The van der Waals surface area contributed by atoms with Gasteiger partial charge >= 0.3 is 5.97 Å². The van der Waals surface area contributed by atoms with E-state index in [1.807, 2.05) is 0 Å². The average Bonchev–Trinajstić information content (AvgIpc) is 2.44. The Morgan fingerprint density at radius 1 is 1.33 bits per heavy atom. The summed E-state index contributed by atoms with van der Waals surface area (Å²) in [5.41, 5.74) is -0.0629. The van der Waals surface area contributed by atoms with Crippen LogP contribution in [-0.4, -0.2) is 50.5 Å². The number of amides is 1. The standard InChI is InChI=1S/C14H19NO6/c1-9(7-19-2)15-12(16)8-21-13-10(14(17)18)5-4-6-11(13)20-3/h4-6,9H,7-8H2,1-3H3,(H,15,16)(H,17,18). The zero-order valence-corrected chi connectivity index (χ0v) is 12.2. The van der Waals surface area contributed by atoms with Crippen LogP contribution in [0.1, 0.15) is 17.3 Å². The molecule has 7 heteroatoms. The first-order valence-electron chi connectivity index (χ1n) is 6.31. The Labute approximate surface area is 122 Å². The van der Waals surface area contributed by atoms with Gasteiger partial charge in [-0.25, -0.2) is 4.79 Å². The molecule has 1 aromatic rings. The summed E-state index contributed by atoms with van der Waals surface area (Å²) in [6, 6.07) is 4.32. The molecule has 2 N–H and O–H groups in total. The van der Waals surface area contributed by atoms with Gasteiger partial charge in [0.05, 0.1) is 13.7 Å². The number of hydrogen-bond acceptors (Lipinski definition) is 5. The predicted octanol–water partition coefficient (Wildman–Crippen LogP) is 0.923. The Morgan fingerprint density at radius 2 is 2.05 bits per heavy atom. The number of benzene rings is 1. The Kier molecular flexibility index (Phi) is 6.48. The van der Waals surface area contributed by atoms with Crippen molar-refractivity contribution in [2.75, 3.05) is 27.4 Å². The maximum absolute atomic E-state index is 11.7. The monoisotopic (exact) mass is 297 g/mol. The van der Waals surface area contributed by atoms with Crippen molar-refractivity contribution >= 4 is 11.9 Å². The van der Waals surface area contributed by atoms with E-state index in [1.54, 1.807) is 13.0 Å². The second-order valence-electron chi connectivity index (χ2n) is 4.35. The van der Waals surface area contributed by atoms with Gasteiger partial charge in [-0.1, -0.05) is 6.07 Å². The number of carboxylic acid groups (broad SMARTS) is 1. The van der Waals surface area contributed by atoms with Crippen molar-refractivity contribution < 1.29 is 28.9 Å². The summed E-state index contributed by atoms with van der Waals surface area (Å²) in [7, 11) is 2.93. The molecule has 1 atom stereocenters. The second kappa shape index (κ2) is 8.11. The van der Waals surface area contributed by atoms with Crippen LogP contribution in [0.4, 0.5) is 0 Å². The van der Waals surface area contributed by atoms with Gasteiger partial charge < -0.3 is 24.6 Å². The maximum atomic E-state index is 11.7. The van der Waals surface area contributed by atoms with Crippen LogP contribution in [0.25, 0.3) is 0 Å². The summed E-state index contributed by atoms with van der Waals surface area (Å²) in [6.07, 6.45) is 0. The fourth-order valence-corrected chi connectivity index (χ4v) is 1.74. The molecular weight excluding hydrogens is 278 g/mol. The van der Waals surface area contributed by atoms with E-state index in [9.17, 15) is 9.59 Å². The minimum atomic E-state index is -1.16. The van der Waals surface area contributed by atoms with Gasteiger partial charge in [0.2, 0.25) is 0 Å². The second-order valence-corrected chi connectivity index (χ2v) is 4.35. The van der Waals surface area contributed by atoms with Gasteiger partial charge in [-0.3, -0.25) is 4.79 Å². The number of carbonyl (C=O) groups is 2. The first-order valence-corrected chi connectivity index (χ1v) is 6.31. The van der Waals surface area contributed by atoms with Gasteiger partial charge in [0, 0.05) is 13.2 Å². The molecule has 1 rings (SSSR count). The molecule has 0 saturated carbocycles. The van der Waals surface area contributed by atoms with E-state index >= 15 is 0 Å². The van der Waals surface area contributed by atoms with E-state index in [1.165, 1.54) is 26.4 Å². The molecule has 116 valence electrons. The normalized spacial score (nSPS) is 11.6. The van der Waals surface area contributed by atoms with Crippen LogP contribution in [0.2, 0.25) is 0 Å². The van der Waals surface area contributed by atoms with Gasteiger partial charge in [0.1, 0.15) is 5.56 Å². The molecule has 0 heterocycles. The SMILES string of the molecule is COCC(C)NC(=O)COc1c(OC)cccc1C(=O)O. The quantitative estimate of drug-likeness (QED) is 0.741. The minimum Gasteiger partial charge on any atom is -0.493 e. The number of nitrogens with one attached hydrogen (secondary N) is 1. The van der Waals surface area contributed by atoms with Crippen LogP contribution in [-0.2, 0) is 9.53 Å². The van der Waals surface area contributed by atoms with Gasteiger partial charge in [-0.15, -0.1) is 0 Å². The maximum Gasteiger partial charge on any atom is 0.339 e. The van der Waals surface area contributed by atoms with Crippen LogP contribution < -0.4 is 14.8 Å². The number of ether oxygens (including phenoxy) is 3. The molecule has 0 aliphatic heterocycles. The summed E-state index contributed by atoms with van der Waals surface area (Å²) >= 11 is 0. The molecule has 0 aliphatic carbocycles. The Bertz CT molecular complexity index is 502. The van der Waals surface area contributed by atoms with Crippen molar-refractivity contribution in [3.63, 3.8) is 0 Å². The van der Waals surface area contributed by atoms with Gasteiger partial charge in [-0.05, 0) is 19.1 Å². The van der Waals surface area contributed by atoms with Crippen LogP contribution in [0.5, 0.6) is 11.5 Å². The smallest absolute Gasteiger partial charge is 0.339 e. The summed E-state index contributed by atoms with van der Waals surface area (Å²) in [5.74, 6) is -1.24. The van der Waals surface area contributed by atoms with Crippen LogP contribution >= 0.6 is 0 Å². The number of rotatable bonds is 8. The zero-order valence-electron chi connectivity index (χ0n) is 12.2. The third kappa shape index (κ3) is 4.96. The first-order chi connectivity index (χ1) is 9.99. The average molecular weight is 297 g/mol. The van der Waals surface area contributed by atoms with E-state index in [-0.39, 0.29) is 35.6 Å². The summed E-state index contributed by atoms with van der Waals surface area (Å²) in [6.45, 7) is 1.85. The Hall–Kier alpha value is -2.28. The van der Waals surface area contributed by atoms with E-state index in [2.05, 4.69) is 5.32 Å². The number of carbonyl (C=O) groups excluding carboxylic acids is 1. The third-order valence-corrected chi connectivity index (χ3v) is 2.60. The lowest BCUT2D eigenvalue weighted by molar-refractivity contribution is -0.124. The van der Waals surface area contributed by atoms with Gasteiger partial charge in [0.25, 0.3) is 5.91 Å². The minimum absolute atomic E-state index is 0.0297. The molecule has 0 aromatic heterocycles. The molecule has 21 heavy (non-hydrogen) atoms. The highest BCUT2D eigenvalue weighted by Crippen LogP contribution is 2.30. The summed E-state index contributed by atoms with van der Waals surface area (Å²) in [4.78, 5) is 22.8. The molecule has 1 aromatic carbocycles. The summed E-state index contributed by atoms with van der Waals surface area (Å²) in [5, 5.41) is 11.8. The summed E-state index contributed by atoms with van der Waals surface area (Å²) < 4.78 is 15.3. The van der Waals surface area contributed by atoms with E-state index in [0.29, 0.717) is 6.61 Å². The van der Waals surface area contributed by atoms with E-state index in [0.717, 1.165) is 0 Å². The first kappa shape index (κ1) is 16.8. The van der Waals surface area contributed by atoms with Crippen molar-refractivity contribution in [2.45, 2.75) is 13.0 Å². The molecule has 1 unspecified atom stereocenters. The molecule has 0 radical (unpaired) electrons. The van der Waals surface area contributed by atoms with Crippen molar-refractivity contribution in [2.24, 2.45) is 0 Å². The van der Waals surface area contributed by atoms with Crippen molar-refractivity contribution in [1.82, 2.24) is 5.32 Å². The number of aromatic carboxylic acids is 1. The lowest BCUT2D eigenvalue weighted by Gasteiger charge is -2.15. The van der Waals surface area contributed by atoms with Crippen molar-refractivity contribution in [1.29, 1.82) is 0 Å². The highest BCUT2D eigenvalue weighted by molar-refractivity contribution is 5.92. The largest absolute Gasteiger partial charge is 0.493 e. The molecule has 0 saturated heterocycles. The van der Waals surface area contributed by atoms with E-state index in [4.69, 9.17) is 19.3 Å². The number of hydrogen-bond donors (Lipinski definition) is 2. The van der Waals surface area contributed by atoms with Gasteiger partial charge in [0.15, 0.2) is 18.1 Å². The molecule has 0 fully saturated rings. The highest BCUT2D eigenvalue weighted by atomic mass is 16.5. The Balaban J connectivity index is 2.74. The topological polar surface area (TPSA) is 94.1 Å². The predicted molar refractivity (Wildman–Crippen MR) is 74.9 cm³/mol. The fraction of sp³-hybridized carbons (Fsp3) is 0.429. The molecule has 0 spiro atoms. The molecule has 7 nitrogen and oxygen atoms in total. The van der Waals surface area contributed by atoms with Crippen LogP contribution in [0.3, 0.4) is 0 Å². The third-order valence-electron chi connectivity index (χ3n) is 2.60. The van der Waals surface area contributed by atoms with Crippen molar-refractivity contribution in [3.8, 4) is 11.5 Å². The van der Waals surface area contributed by atoms with Crippen LogP contribution in [0, 0.1) is 0 Å².